The van der Waals surface area contributed by atoms with E-state index in [4.69, 9.17) is 19.4 Å². The molecule has 0 unspecified atom stereocenters. The van der Waals surface area contributed by atoms with Gasteiger partial charge in [0, 0.05) is 104 Å². The van der Waals surface area contributed by atoms with Crippen LogP contribution in [0.3, 0.4) is 0 Å². The highest BCUT2D eigenvalue weighted by molar-refractivity contribution is 7.99. The molecule has 0 saturated heterocycles. The minimum absolute atomic E-state index is 0.0820. The normalized spacial score (nSPS) is 12.2. The van der Waals surface area contributed by atoms with Crippen LogP contribution < -0.4 is 0 Å². The van der Waals surface area contributed by atoms with Crippen molar-refractivity contribution in [2.24, 2.45) is 20.6 Å². The third kappa shape index (κ3) is 19.5. The molecule has 0 N–H and O–H groups in total. The lowest BCUT2D eigenvalue weighted by molar-refractivity contribution is -0.141. The zero-order chi connectivity index (χ0) is 72.1. The standard InChI is InChI=1S/C84H88N6O10S2/c1-9-11-13-15-19-23-77(87-99-59(7)93)65-33-45-79-73(51-65)75-53-67(35-47-81(75)89(79)69-37-25-61(26-38-69)55(3)85-97-57(5)91)83(95)63-29-41-71(42-30-63)101-49-21-17-18-22-50-102-72-43-31-64(32-44-72)84(96)68-36-48-82-76(54-68)74-52-66(78(88-100-60(8)94)24-20-16-14-12-10-2)34-46-80(74)90(82)70-39-27-62(28-40-70)56(4)86-98-58(6)92/h25-48,51-54H,9-24,49-50H2,1-8H3/b85-55+,86-56+,87-77+,88-78+. The molecule has 0 spiro atoms. The number of oxime groups is 4. The monoisotopic (exact) mass is 1400 g/mol. The maximum Gasteiger partial charge on any atom is 0.331 e. The molecule has 10 rings (SSSR count). The molecule has 18 heteroatoms. The molecule has 102 heavy (non-hydrogen) atoms. The van der Waals surface area contributed by atoms with Crippen LogP contribution in [-0.2, 0) is 38.5 Å². The summed E-state index contributed by atoms with van der Waals surface area (Å²) in [7, 11) is 0. The predicted molar refractivity (Wildman–Crippen MR) is 413 cm³/mol. The van der Waals surface area contributed by atoms with Gasteiger partial charge in [-0.25, -0.2) is 19.2 Å². The van der Waals surface area contributed by atoms with E-state index in [0.717, 1.165) is 188 Å². The van der Waals surface area contributed by atoms with Crippen molar-refractivity contribution in [1.29, 1.82) is 0 Å². The quantitative estimate of drug-likeness (QED) is 0.00911. The van der Waals surface area contributed by atoms with Crippen LogP contribution in [0.1, 0.15) is 212 Å². The average molecular weight is 1410 g/mol. The minimum Gasteiger partial charge on any atom is -0.318 e. The molecule has 0 aliphatic carbocycles. The topological polar surface area (TPSA) is 199 Å². The summed E-state index contributed by atoms with van der Waals surface area (Å²) in [6.07, 6.45) is 16.3. The molecular weight excluding hydrogens is 1320 g/mol. The molecule has 8 aromatic carbocycles. The number of fused-ring (bicyclic) bond motifs is 6. The number of rotatable bonds is 35. The van der Waals surface area contributed by atoms with Crippen molar-refractivity contribution in [1.82, 2.24) is 9.13 Å². The van der Waals surface area contributed by atoms with Crippen molar-refractivity contribution in [3.05, 3.63) is 214 Å². The second-order valence-electron chi connectivity index (χ2n) is 25.6. The van der Waals surface area contributed by atoms with Crippen molar-refractivity contribution in [2.75, 3.05) is 11.5 Å². The SMILES string of the molecule is CCCCCCC/C(=N\OC(C)=O)c1ccc2c(c1)c1cc(C(=O)c3ccc(SCCCCCCSc4ccc(C(=O)c5ccc6c(c5)c5cc(/C(CCCCCCC)=N/OC(C)=O)ccc5n6-c5ccc(/C(C)=N/OC(C)=O)cc5)cc4)cc3)ccc1n2-c1ccc(/C(C)=N/OC(C)=O)cc1. The Balaban J connectivity index is 0.761. The molecular formula is C84H88N6O10S2. The Morgan fingerprint density at radius 3 is 0.931 bits per heavy atom. The zero-order valence-corrected chi connectivity index (χ0v) is 61.1. The van der Waals surface area contributed by atoms with Gasteiger partial charge in [0.1, 0.15) is 0 Å². The number of ketones is 2. The maximum atomic E-state index is 14.4. The second-order valence-corrected chi connectivity index (χ2v) is 27.9. The fourth-order valence-electron chi connectivity index (χ4n) is 12.5. The minimum atomic E-state index is -0.495. The Kier molecular flexibility index (Phi) is 26.7. The highest BCUT2D eigenvalue weighted by Gasteiger charge is 2.22. The molecule has 0 fully saturated rings. The van der Waals surface area contributed by atoms with E-state index in [9.17, 15) is 28.8 Å². The molecule has 0 amide bonds. The summed E-state index contributed by atoms with van der Waals surface area (Å²) in [5.74, 6) is -0.204. The van der Waals surface area contributed by atoms with Crippen LogP contribution in [0.4, 0.5) is 0 Å². The molecule has 0 radical (unpaired) electrons. The van der Waals surface area contributed by atoms with E-state index in [-0.39, 0.29) is 11.6 Å². The van der Waals surface area contributed by atoms with E-state index < -0.39 is 23.9 Å². The van der Waals surface area contributed by atoms with E-state index in [1.165, 1.54) is 27.7 Å². The summed E-state index contributed by atoms with van der Waals surface area (Å²) in [4.78, 5) is 98.2. The van der Waals surface area contributed by atoms with Gasteiger partial charge in [-0.2, -0.15) is 0 Å². The maximum absolute atomic E-state index is 14.4. The molecule has 2 aromatic heterocycles. The molecule has 0 aliphatic rings. The van der Waals surface area contributed by atoms with Gasteiger partial charge in [0.15, 0.2) is 11.6 Å². The van der Waals surface area contributed by atoms with Gasteiger partial charge >= 0.3 is 23.9 Å². The van der Waals surface area contributed by atoms with Gasteiger partial charge in [0.05, 0.1) is 44.9 Å². The molecule has 10 aromatic rings. The summed E-state index contributed by atoms with van der Waals surface area (Å²) in [5.41, 5.74) is 13.5. The van der Waals surface area contributed by atoms with E-state index in [2.05, 4.69) is 67.9 Å². The number of thioether (sulfide) groups is 2. The first kappa shape index (κ1) is 74.6. The Morgan fingerprint density at radius 2 is 0.598 bits per heavy atom. The summed E-state index contributed by atoms with van der Waals surface area (Å²) in [6, 6.07) is 55.5. The Bertz CT molecular complexity index is 4490. The second kappa shape index (κ2) is 36.5. The third-order valence-corrected chi connectivity index (χ3v) is 20.0. The van der Waals surface area contributed by atoms with Crippen LogP contribution in [0.25, 0.3) is 55.0 Å². The van der Waals surface area contributed by atoms with Gasteiger partial charge in [-0.1, -0.05) is 135 Å². The summed E-state index contributed by atoms with van der Waals surface area (Å²) >= 11 is 3.59. The predicted octanol–water partition coefficient (Wildman–Crippen LogP) is 20.6. The summed E-state index contributed by atoms with van der Waals surface area (Å²) < 4.78 is 4.33. The number of nitrogens with zero attached hydrogens (tertiary/aromatic N) is 6. The van der Waals surface area contributed by atoms with Crippen molar-refractivity contribution in [2.45, 2.75) is 168 Å². The van der Waals surface area contributed by atoms with E-state index >= 15 is 0 Å². The van der Waals surface area contributed by atoms with E-state index in [1.54, 1.807) is 37.4 Å². The van der Waals surface area contributed by atoms with Gasteiger partial charge in [-0.3, -0.25) is 9.59 Å². The van der Waals surface area contributed by atoms with Crippen molar-refractivity contribution in [3.8, 4) is 11.4 Å². The van der Waals surface area contributed by atoms with Crippen LogP contribution in [0.5, 0.6) is 0 Å². The Morgan fingerprint density at radius 1 is 0.314 bits per heavy atom. The van der Waals surface area contributed by atoms with E-state index in [1.807, 2.05) is 146 Å². The van der Waals surface area contributed by atoms with Crippen LogP contribution in [0.15, 0.2) is 200 Å². The lowest BCUT2D eigenvalue weighted by Gasteiger charge is -2.10. The molecule has 16 nitrogen and oxygen atoms in total. The number of carbonyl (C=O) groups is 6. The zero-order valence-electron chi connectivity index (χ0n) is 59.5. The first-order chi connectivity index (χ1) is 49.5. The Labute approximate surface area is 604 Å². The largest absolute Gasteiger partial charge is 0.331 e. The number of hydrogen-bond acceptors (Lipinski definition) is 16. The number of benzene rings is 8. The summed E-state index contributed by atoms with van der Waals surface area (Å²) in [5, 5.41) is 20.2. The molecule has 526 valence electrons. The highest BCUT2D eigenvalue weighted by atomic mass is 32.2. The first-order valence-corrected chi connectivity index (χ1v) is 37.3. The lowest BCUT2D eigenvalue weighted by atomic mass is 9.99. The molecule has 0 atom stereocenters. The smallest absolute Gasteiger partial charge is 0.318 e. The number of carbonyl (C=O) groups excluding carboxylic acids is 6. The third-order valence-electron chi connectivity index (χ3n) is 17.8. The van der Waals surface area contributed by atoms with Gasteiger partial charge in [0.2, 0.25) is 0 Å². The fourth-order valence-corrected chi connectivity index (χ4v) is 14.3. The highest BCUT2D eigenvalue weighted by Crippen LogP contribution is 2.38. The van der Waals surface area contributed by atoms with Crippen LogP contribution >= 0.6 is 23.5 Å². The van der Waals surface area contributed by atoms with Crippen molar-refractivity contribution < 1.29 is 48.1 Å². The Hall–Kier alpha value is -10.0. The van der Waals surface area contributed by atoms with Crippen LogP contribution in [0, 0.1) is 0 Å². The van der Waals surface area contributed by atoms with Gasteiger partial charge in [-0.05, 0) is 208 Å². The van der Waals surface area contributed by atoms with Crippen molar-refractivity contribution >= 4 is 125 Å². The fraction of sp³-hybridized carbons (Fsp3) is 0.310. The first-order valence-electron chi connectivity index (χ1n) is 35.4. The number of unbranched alkanes of at least 4 members (excludes halogenated alkanes) is 11. The van der Waals surface area contributed by atoms with E-state index in [0.29, 0.717) is 57.9 Å². The lowest BCUT2D eigenvalue weighted by Crippen LogP contribution is -2.05. The molecule has 0 saturated carbocycles. The average Bonchev–Trinajstić information content (AvgIpc) is 1.59. The molecule has 0 bridgehead atoms. The van der Waals surface area contributed by atoms with Crippen LogP contribution in [-0.4, -0.2) is 78.9 Å². The number of hydrogen-bond donors (Lipinski definition) is 0. The van der Waals surface area contributed by atoms with Gasteiger partial charge in [0.25, 0.3) is 0 Å². The molecule has 0 aliphatic heterocycles. The summed E-state index contributed by atoms with van der Waals surface area (Å²) in [6.45, 7) is 13.3. The van der Waals surface area contributed by atoms with Crippen LogP contribution in [0.2, 0.25) is 0 Å². The van der Waals surface area contributed by atoms with Gasteiger partial charge < -0.3 is 28.5 Å². The van der Waals surface area contributed by atoms with Crippen molar-refractivity contribution in [3.63, 3.8) is 0 Å². The molecule has 2 heterocycles. The van der Waals surface area contributed by atoms with Gasteiger partial charge in [-0.15, -0.1) is 23.5 Å². The number of aromatic nitrogens is 2.